The van der Waals surface area contributed by atoms with E-state index in [9.17, 15) is 93.9 Å². The Balaban J connectivity index is 0.000000281. The summed E-state index contributed by atoms with van der Waals surface area (Å²) in [5.74, 6) is -15.7. The molecule has 4 aliphatic heterocycles. The van der Waals surface area contributed by atoms with Gasteiger partial charge < -0.3 is 59.7 Å². The predicted molar refractivity (Wildman–Crippen MR) is 431 cm³/mol. The minimum absolute atomic E-state index is 0.000490. The number of rotatable bonds is 46. The maximum atomic E-state index is 14.4. The first kappa shape index (κ1) is 99.4. The number of hydrogen-bond acceptors (Lipinski definition) is 14. The van der Waals surface area contributed by atoms with Gasteiger partial charge in [0.15, 0.2) is 0 Å². The van der Waals surface area contributed by atoms with E-state index < -0.39 is 60.0 Å². The molecule has 4 saturated heterocycles. The Morgan fingerprint density at radius 1 is 0.339 bits per heavy atom. The maximum absolute atomic E-state index is 14.4. The molecule has 0 spiro atoms. The highest BCUT2D eigenvalue weighted by atomic mass is 19.3. The third kappa shape index (κ3) is 34.3. The summed E-state index contributed by atoms with van der Waals surface area (Å²) in [5, 5.41) is 57.2. The van der Waals surface area contributed by atoms with Gasteiger partial charge >= 0.3 is 47.6 Å². The van der Waals surface area contributed by atoms with Gasteiger partial charge in [0.2, 0.25) is 23.6 Å². The standard InChI is InChI=1S/2C24H33F2NO4.2C21H27F2NO4/c2*1-18(2)31-23(30)12-8-3-4-9-17-27-20(14-16-22(27)29)13-15-21(28)24(25,26)19-10-6-5-7-11-19;2*22-21(23,16-8-4-3-5-9-16)18(25)13-11-17-12-14-19(26)24(17)15-7-2-1-6-10-20(27)28/h2*5-7,10-11,13,15,18,20-21,28H,3-4,8-9,12,14,16-17H2,1-2H3;2*3-5,8-9,11,13,17-18,25H,1-2,6-7,10,12,14-15H2,(H,27,28)/b2*15-13+;2*13-11+/t2*20-,21+;2*17-,18+/m0000/s1. The summed E-state index contributed by atoms with van der Waals surface area (Å²) in [5.41, 5.74) is -1.01. The quantitative estimate of drug-likeness (QED) is 0.0104. The number of amides is 4. The minimum Gasteiger partial charge on any atom is -0.481 e. The summed E-state index contributed by atoms with van der Waals surface area (Å²) in [4.78, 5) is 99.2. The summed E-state index contributed by atoms with van der Waals surface area (Å²) in [6, 6.07) is 27.6. The molecule has 28 heteroatoms. The van der Waals surface area contributed by atoms with Crippen LogP contribution in [0.15, 0.2) is 170 Å². The number of carboxylic acids is 2. The number of aliphatic hydroxyl groups is 4. The molecule has 4 aromatic rings. The number of hydrogen-bond donors (Lipinski definition) is 6. The molecule has 0 bridgehead atoms. The van der Waals surface area contributed by atoms with E-state index in [1.807, 2.05) is 27.7 Å². The number of esters is 2. The number of likely N-dealkylation sites (tertiary alicyclic amines) is 4. The lowest BCUT2D eigenvalue weighted by Crippen LogP contribution is -2.34. The number of carbonyl (C=O) groups is 8. The van der Waals surface area contributed by atoms with Crippen molar-refractivity contribution in [3.05, 3.63) is 192 Å². The molecule has 4 fully saturated rings. The lowest BCUT2D eigenvalue weighted by molar-refractivity contribution is -0.148. The van der Waals surface area contributed by atoms with Crippen molar-refractivity contribution in [3.63, 3.8) is 0 Å². The van der Waals surface area contributed by atoms with Crippen molar-refractivity contribution in [3.8, 4) is 0 Å². The van der Waals surface area contributed by atoms with Gasteiger partial charge in [0.05, 0.1) is 36.4 Å². The third-order valence-electron chi connectivity index (χ3n) is 20.6. The van der Waals surface area contributed by atoms with Gasteiger partial charge in [-0.15, -0.1) is 0 Å². The smallest absolute Gasteiger partial charge is 0.306 e. The fourth-order valence-corrected chi connectivity index (χ4v) is 14.0. The third-order valence-corrected chi connectivity index (χ3v) is 20.6. The molecule has 4 heterocycles. The van der Waals surface area contributed by atoms with E-state index in [0.29, 0.717) is 103 Å². The lowest BCUT2D eigenvalue weighted by Gasteiger charge is -2.24. The van der Waals surface area contributed by atoms with Crippen molar-refractivity contribution >= 4 is 47.5 Å². The Morgan fingerprint density at radius 3 is 0.729 bits per heavy atom. The van der Waals surface area contributed by atoms with Crippen molar-refractivity contribution in [1.82, 2.24) is 19.6 Å². The number of halogens is 8. The molecule has 0 saturated carbocycles. The summed E-state index contributed by atoms with van der Waals surface area (Å²) >= 11 is 0. The first-order valence-electron chi connectivity index (χ1n) is 41.3. The molecular formula is C90H120F8N4O16. The number of ether oxygens (including phenoxy) is 2. The molecular weight excluding hydrogens is 1540 g/mol. The first-order chi connectivity index (χ1) is 56.1. The molecule has 0 aromatic heterocycles. The van der Waals surface area contributed by atoms with Crippen LogP contribution in [0.25, 0.3) is 0 Å². The van der Waals surface area contributed by atoms with Gasteiger partial charge in [0, 0.05) is 99.8 Å². The monoisotopic (exact) mass is 1660 g/mol. The van der Waals surface area contributed by atoms with Gasteiger partial charge in [0.1, 0.15) is 24.4 Å². The number of unbranched alkanes of at least 4 members (excludes halogenated alkanes) is 12. The van der Waals surface area contributed by atoms with Gasteiger partial charge in [-0.3, -0.25) is 38.4 Å². The zero-order chi connectivity index (χ0) is 86.9. The number of alkyl halides is 8. The molecule has 0 aliphatic carbocycles. The van der Waals surface area contributed by atoms with E-state index in [2.05, 4.69) is 0 Å². The summed E-state index contributed by atoms with van der Waals surface area (Å²) in [6.45, 7) is 9.35. The van der Waals surface area contributed by atoms with Crippen LogP contribution in [0.2, 0.25) is 0 Å². The second-order valence-corrected chi connectivity index (χ2v) is 30.6. The Hall–Kier alpha value is -9.12. The Labute approximate surface area is 688 Å². The van der Waals surface area contributed by atoms with Gasteiger partial charge in [-0.1, -0.05) is 221 Å². The molecule has 118 heavy (non-hydrogen) atoms. The van der Waals surface area contributed by atoms with Crippen molar-refractivity contribution < 1.29 is 114 Å². The topological polar surface area (TPSA) is 289 Å². The molecule has 652 valence electrons. The van der Waals surface area contributed by atoms with Gasteiger partial charge in [-0.25, -0.2) is 0 Å². The zero-order valence-corrected chi connectivity index (χ0v) is 68.1. The number of aliphatic carboxylic acids is 2. The number of benzene rings is 4. The van der Waals surface area contributed by atoms with Crippen molar-refractivity contribution in [2.24, 2.45) is 0 Å². The van der Waals surface area contributed by atoms with Crippen LogP contribution in [0.4, 0.5) is 35.1 Å². The highest BCUT2D eigenvalue weighted by Gasteiger charge is 2.43. The molecule has 4 aliphatic rings. The summed E-state index contributed by atoms with van der Waals surface area (Å²) in [7, 11) is 0. The lowest BCUT2D eigenvalue weighted by atomic mass is 10.0. The van der Waals surface area contributed by atoms with E-state index in [1.54, 1.807) is 43.9 Å². The van der Waals surface area contributed by atoms with Crippen LogP contribution in [0, 0.1) is 0 Å². The molecule has 0 radical (unpaired) electrons. The number of carboxylic acid groups (broad SMARTS) is 2. The zero-order valence-electron chi connectivity index (χ0n) is 68.1. The van der Waals surface area contributed by atoms with E-state index >= 15 is 0 Å². The van der Waals surface area contributed by atoms with Crippen molar-refractivity contribution in [1.29, 1.82) is 0 Å². The SMILES string of the molecule is CC(C)OC(=O)CCCCCCN1C(=O)CC[C@@H]1/C=C/[C@@H](O)C(F)(F)c1ccccc1.CC(C)OC(=O)CCCCCCN1C(=O)CC[C@@H]1/C=C/[C@@H](O)C(F)(F)c1ccccc1.O=C(O)CCCCCCN1C(=O)CC[C@@H]1/C=C/[C@@H](O)C(F)(F)c1ccccc1.O=C(O)CCCCCCN1C(=O)CC[C@@H]1/C=C/[C@@H](O)C(F)(F)c1ccccc1. The van der Waals surface area contributed by atoms with Gasteiger partial charge in [-0.2, -0.15) is 35.1 Å². The Kier molecular flexibility index (Phi) is 43.3. The van der Waals surface area contributed by atoms with Crippen LogP contribution in [0.3, 0.4) is 0 Å². The van der Waals surface area contributed by atoms with Crippen LogP contribution in [0.5, 0.6) is 0 Å². The minimum atomic E-state index is -3.41. The normalized spacial score (nSPS) is 18.5. The number of carbonyl (C=O) groups excluding carboxylic acids is 6. The van der Waals surface area contributed by atoms with Gasteiger partial charge in [0.25, 0.3) is 0 Å². The second kappa shape index (κ2) is 51.4. The summed E-state index contributed by atoms with van der Waals surface area (Å²) < 4.78 is 125. The van der Waals surface area contributed by atoms with E-state index in [4.69, 9.17) is 19.7 Å². The van der Waals surface area contributed by atoms with E-state index in [0.717, 1.165) is 114 Å². The maximum Gasteiger partial charge on any atom is 0.306 e. The fourth-order valence-electron chi connectivity index (χ4n) is 14.0. The van der Waals surface area contributed by atoms with E-state index in [-0.39, 0.29) is 107 Å². The van der Waals surface area contributed by atoms with Gasteiger partial charge in [-0.05, 0) is 105 Å². The molecule has 6 N–H and O–H groups in total. The van der Waals surface area contributed by atoms with Crippen molar-refractivity contribution in [2.45, 2.75) is 292 Å². The molecule has 20 nitrogen and oxygen atoms in total. The highest BCUT2D eigenvalue weighted by molar-refractivity contribution is 5.81. The summed E-state index contributed by atoms with van der Waals surface area (Å²) in [6.07, 6.45) is 19.4. The van der Waals surface area contributed by atoms with Crippen LogP contribution >= 0.6 is 0 Å². The largest absolute Gasteiger partial charge is 0.481 e. The number of aliphatic hydroxyl groups excluding tert-OH is 4. The van der Waals surface area contributed by atoms with Crippen molar-refractivity contribution in [2.75, 3.05) is 26.2 Å². The fraction of sp³-hybridized carbons (Fsp3) is 0.556. The molecule has 8 rings (SSSR count). The Bertz CT molecular complexity index is 3560. The highest BCUT2D eigenvalue weighted by Crippen LogP contribution is 2.38. The molecule has 4 aromatic carbocycles. The van der Waals surface area contributed by atoms with Crippen LogP contribution in [-0.4, -0.2) is 185 Å². The first-order valence-corrected chi connectivity index (χ1v) is 41.3. The predicted octanol–water partition coefficient (Wildman–Crippen LogP) is 16.6. The van der Waals surface area contributed by atoms with Crippen LogP contribution in [0.1, 0.15) is 230 Å². The molecule has 0 unspecified atom stereocenters. The molecule has 4 amide bonds. The average molecular weight is 1670 g/mol. The van der Waals surface area contributed by atoms with Crippen LogP contribution in [-0.2, 0) is 71.5 Å². The van der Waals surface area contributed by atoms with E-state index in [1.165, 1.54) is 121 Å². The number of nitrogens with zero attached hydrogens (tertiary/aromatic N) is 4. The Morgan fingerprint density at radius 2 is 0.534 bits per heavy atom. The van der Waals surface area contributed by atoms with Crippen LogP contribution < -0.4 is 0 Å². The second-order valence-electron chi connectivity index (χ2n) is 30.6. The average Bonchev–Trinajstić information content (AvgIpc) is 1.15. The molecule has 8 atom stereocenters.